The smallest absolute Gasteiger partial charge is 0.410 e. The number of aliphatic hydroxyl groups is 1. The van der Waals surface area contributed by atoms with E-state index in [0.29, 0.717) is 6.54 Å². The van der Waals surface area contributed by atoms with E-state index in [9.17, 15) is 14.7 Å². The third-order valence-electron chi connectivity index (χ3n) is 5.47. The highest BCUT2D eigenvalue weighted by molar-refractivity contribution is 5.79. The van der Waals surface area contributed by atoms with Crippen molar-refractivity contribution in [3.8, 4) is 0 Å². The zero-order chi connectivity index (χ0) is 22.5. The molecule has 7 nitrogen and oxygen atoms in total. The number of amides is 2. The van der Waals surface area contributed by atoms with Gasteiger partial charge in [-0.1, -0.05) is 37.3 Å². The summed E-state index contributed by atoms with van der Waals surface area (Å²) in [6, 6.07) is 8.52. The Balaban J connectivity index is 2.04. The summed E-state index contributed by atoms with van der Waals surface area (Å²) in [4.78, 5) is 27.2. The summed E-state index contributed by atoms with van der Waals surface area (Å²) in [6.45, 7) is 9.64. The Kier molecular flexibility index (Phi) is 8.26. The van der Waals surface area contributed by atoms with E-state index in [2.05, 4.69) is 5.32 Å². The van der Waals surface area contributed by atoms with Crippen molar-refractivity contribution in [3.63, 3.8) is 0 Å². The normalized spacial score (nSPS) is 20.9. The minimum Gasteiger partial charge on any atom is -0.444 e. The van der Waals surface area contributed by atoms with E-state index in [4.69, 9.17) is 9.47 Å². The molecule has 2 amide bonds. The fourth-order valence-corrected chi connectivity index (χ4v) is 3.90. The van der Waals surface area contributed by atoms with E-state index in [1.807, 2.05) is 51.1 Å². The van der Waals surface area contributed by atoms with Crippen molar-refractivity contribution < 1.29 is 24.2 Å². The standard InChI is InChI=1S/C23H36N2O5/c1-15(21(27)24-16(2)19(26)17-11-8-7-9-12-17)20(29-6)18-13-10-14-25(18)22(28)30-23(3,4)5/h7-9,11-12,15-16,18-20,26H,10,13-14H2,1-6H3,(H,24,27)/t15-,16-,18?,19-,20-/m1/s1. The molecule has 0 aliphatic carbocycles. The van der Waals surface area contributed by atoms with Gasteiger partial charge in [0.1, 0.15) is 5.60 Å². The quantitative estimate of drug-likeness (QED) is 0.707. The van der Waals surface area contributed by atoms with Gasteiger partial charge in [0.2, 0.25) is 5.91 Å². The van der Waals surface area contributed by atoms with Crippen LogP contribution in [0.2, 0.25) is 0 Å². The van der Waals surface area contributed by atoms with Crippen molar-refractivity contribution in [1.29, 1.82) is 0 Å². The number of hydrogen-bond donors (Lipinski definition) is 2. The van der Waals surface area contributed by atoms with Crippen LogP contribution in [-0.2, 0) is 14.3 Å². The zero-order valence-corrected chi connectivity index (χ0v) is 18.9. The molecule has 1 aliphatic rings. The lowest BCUT2D eigenvalue weighted by molar-refractivity contribution is -0.132. The van der Waals surface area contributed by atoms with Crippen LogP contribution in [0.5, 0.6) is 0 Å². The first-order valence-corrected chi connectivity index (χ1v) is 10.6. The van der Waals surface area contributed by atoms with Gasteiger partial charge < -0.3 is 24.8 Å². The summed E-state index contributed by atoms with van der Waals surface area (Å²) in [5.74, 6) is -0.728. The van der Waals surface area contributed by atoms with Gasteiger partial charge in [0.05, 0.1) is 30.2 Å². The van der Waals surface area contributed by atoms with Crippen LogP contribution in [0.15, 0.2) is 30.3 Å². The van der Waals surface area contributed by atoms with Crippen molar-refractivity contribution in [2.45, 2.75) is 77.4 Å². The highest BCUT2D eigenvalue weighted by atomic mass is 16.6. The molecule has 5 atom stereocenters. The topological polar surface area (TPSA) is 88.1 Å². The molecule has 30 heavy (non-hydrogen) atoms. The molecule has 1 fully saturated rings. The van der Waals surface area contributed by atoms with Crippen LogP contribution in [0.4, 0.5) is 4.79 Å². The maximum absolute atomic E-state index is 12.9. The molecule has 2 N–H and O–H groups in total. The SMILES string of the molecule is CO[C@@H](C1CCCN1C(=O)OC(C)(C)C)[C@@H](C)C(=O)N[C@H](C)[C@@H](O)c1ccccc1. The van der Waals surface area contributed by atoms with E-state index < -0.39 is 29.8 Å². The van der Waals surface area contributed by atoms with Gasteiger partial charge >= 0.3 is 6.09 Å². The summed E-state index contributed by atoms with van der Waals surface area (Å²) in [5, 5.41) is 13.4. The average Bonchev–Trinajstić information content (AvgIpc) is 3.16. The molecule has 1 aromatic carbocycles. The van der Waals surface area contributed by atoms with Crippen LogP contribution in [0.25, 0.3) is 0 Å². The Morgan fingerprint density at radius 2 is 1.83 bits per heavy atom. The molecule has 168 valence electrons. The zero-order valence-electron chi connectivity index (χ0n) is 18.9. The lowest BCUT2D eigenvalue weighted by atomic mass is 9.94. The van der Waals surface area contributed by atoms with Gasteiger partial charge in [0.25, 0.3) is 0 Å². The minimum absolute atomic E-state index is 0.222. The van der Waals surface area contributed by atoms with Crippen molar-refractivity contribution in [2.75, 3.05) is 13.7 Å². The molecule has 1 heterocycles. The molecule has 0 saturated carbocycles. The molecule has 1 unspecified atom stereocenters. The molecule has 0 spiro atoms. The van der Waals surface area contributed by atoms with Gasteiger partial charge in [-0.05, 0) is 46.1 Å². The van der Waals surface area contributed by atoms with Crippen molar-refractivity contribution >= 4 is 12.0 Å². The average molecular weight is 421 g/mol. The maximum Gasteiger partial charge on any atom is 0.410 e. The van der Waals surface area contributed by atoms with Crippen LogP contribution < -0.4 is 5.32 Å². The third kappa shape index (κ3) is 6.19. The van der Waals surface area contributed by atoms with Gasteiger partial charge in [-0.2, -0.15) is 0 Å². The Labute approximate surface area is 179 Å². The molecule has 1 aromatic rings. The number of carbonyl (C=O) groups is 2. The molecule has 1 saturated heterocycles. The lowest BCUT2D eigenvalue weighted by Crippen LogP contribution is -2.51. The van der Waals surface area contributed by atoms with Crippen molar-refractivity contribution in [1.82, 2.24) is 10.2 Å². The van der Waals surface area contributed by atoms with Gasteiger partial charge in [-0.15, -0.1) is 0 Å². The number of carbonyl (C=O) groups excluding carboxylic acids is 2. The van der Waals surface area contributed by atoms with Crippen LogP contribution in [0, 0.1) is 5.92 Å². The highest BCUT2D eigenvalue weighted by Crippen LogP contribution is 2.28. The number of nitrogens with zero attached hydrogens (tertiary/aromatic N) is 1. The first-order chi connectivity index (χ1) is 14.0. The second-order valence-corrected chi connectivity index (χ2v) is 9.03. The molecule has 7 heteroatoms. The van der Waals surface area contributed by atoms with Crippen LogP contribution in [-0.4, -0.2) is 59.5 Å². The molecule has 0 radical (unpaired) electrons. The van der Waals surface area contributed by atoms with Crippen LogP contribution in [0.1, 0.15) is 59.1 Å². The first-order valence-electron chi connectivity index (χ1n) is 10.6. The van der Waals surface area contributed by atoms with E-state index in [1.54, 1.807) is 25.9 Å². The number of methoxy groups -OCH3 is 1. The minimum atomic E-state index is -0.812. The predicted molar refractivity (Wildman–Crippen MR) is 115 cm³/mol. The molecule has 0 aromatic heterocycles. The monoisotopic (exact) mass is 420 g/mol. The van der Waals surface area contributed by atoms with Gasteiger partial charge in [0.15, 0.2) is 0 Å². The van der Waals surface area contributed by atoms with E-state index >= 15 is 0 Å². The molecular formula is C23H36N2O5. The lowest BCUT2D eigenvalue weighted by Gasteiger charge is -2.35. The first kappa shape index (κ1) is 24.2. The number of aliphatic hydroxyl groups excluding tert-OH is 1. The number of ether oxygens (including phenoxy) is 2. The summed E-state index contributed by atoms with van der Waals surface area (Å²) in [6.07, 6.45) is -0.0830. The van der Waals surface area contributed by atoms with E-state index in [-0.39, 0.29) is 18.0 Å². The highest BCUT2D eigenvalue weighted by Gasteiger charge is 2.41. The largest absolute Gasteiger partial charge is 0.444 e. The van der Waals surface area contributed by atoms with Crippen LogP contribution in [0.3, 0.4) is 0 Å². The Morgan fingerprint density at radius 1 is 1.20 bits per heavy atom. The fraction of sp³-hybridized carbons (Fsp3) is 0.652. The number of benzene rings is 1. The predicted octanol–water partition coefficient (Wildman–Crippen LogP) is 3.28. The molecule has 0 bridgehead atoms. The summed E-state index contributed by atoms with van der Waals surface area (Å²) in [7, 11) is 1.56. The summed E-state index contributed by atoms with van der Waals surface area (Å²) >= 11 is 0. The number of hydrogen-bond acceptors (Lipinski definition) is 5. The maximum atomic E-state index is 12.9. The van der Waals surface area contributed by atoms with Gasteiger partial charge in [-0.3, -0.25) is 4.79 Å². The summed E-state index contributed by atoms with van der Waals surface area (Å²) < 4.78 is 11.2. The van der Waals surface area contributed by atoms with Crippen molar-refractivity contribution in [3.05, 3.63) is 35.9 Å². The van der Waals surface area contributed by atoms with Crippen LogP contribution >= 0.6 is 0 Å². The van der Waals surface area contributed by atoms with Gasteiger partial charge in [-0.25, -0.2) is 4.79 Å². The fourth-order valence-electron chi connectivity index (χ4n) is 3.90. The summed E-state index contributed by atoms with van der Waals surface area (Å²) in [5.41, 5.74) is 0.159. The van der Waals surface area contributed by atoms with Crippen molar-refractivity contribution in [2.24, 2.45) is 5.92 Å². The second kappa shape index (κ2) is 10.3. The molecule has 2 rings (SSSR count). The Morgan fingerprint density at radius 3 is 2.40 bits per heavy atom. The van der Waals surface area contributed by atoms with Gasteiger partial charge in [0, 0.05) is 13.7 Å². The number of rotatable bonds is 7. The second-order valence-electron chi connectivity index (χ2n) is 9.03. The Hall–Kier alpha value is -2.12. The molecule has 1 aliphatic heterocycles. The molecular weight excluding hydrogens is 384 g/mol. The Bertz CT molecular complexity index is 703. The van der Waals surface area contributed by atoms with E-state index in [1.165, 1.54) is 0 Å². The number of likely N-dealkylation sites (tertiary alicyclic amines) is 1. The third-order valence-corrected chi connectivity index (χ3v) is 5.47. The number of nitrogens with one attached hydrogen (secondary N) is 1. The van der Waals surface area contributed by atoms with E-state index in [0.717, 1.165) is 18.4 Å².